The molecule has 0 spiro atoms. The zero-order valence-electron chi connectivity index (χ0n) is 21.5. The van der Waals surface area contributed by atoms with Gasteiger partial charge in [-0.2, -0.15) is 0 Å². The number of hydrogen-bond donors (Lipinski definition) is 1. The highest BCUT2D eigenvalue weighted by Gasteiger charge is 2.18. The SMILES string of the molecule is COc1ccc2cc(CN(Cc3ccc4c(c3)OCO4)Cc3nnnn3CCc3ccccc3)c(=O)[nH]c2c1. The molecule has 39 heavy (non-hydrogen) atoms. The van der Waals surface area contributed by atoms with E-state index in [0.29, 0.717) is 37.5 Å². The number of fused-ring (bicyclic) bond motifs is 2. The highest BCUT2D eigenvalue weighted by Crippen LogP contribution is 2.33. The van der Waals surface area contributed by atoms with Crippen molar-refractivity contribution < 1.29 is 14.2 Å². The largest absolute Gasteiger partial charge is 0.497 e. The first-order valence-electron chi connectivity index (χ1n) is 12.7. The van der Waals surface area contributed by atoms with Crippen LogP contribution in [0, 0.1) is 0 Å². The molecule has 0 unspecified atom stereocenters. The van der Waals surface area contributed by atoms with Gasteiger partial charge in [0.25, 0.3) is 5.56 Å². The normalized spacial score (nSPS) is 12.4. The molecule has 198 valence electrons. The van der Waals surface area contributed by atoms with E-state index in [9.17, 15) is 4.79 Å². The first kappa shape index (κ1) is 24.6. The van der Waals surface area contributed by atoms with Gasteiger partial charge in [0.2, 0.25) is 6.79 Å². The number of aromatic amines is 1. The van der Waals surface area contributed by atoms with Crippen LogP contribution >= 0.6 is 0 Å². The average molecular weight is 525 g/mol. The van der Waals surface area contributed by atoms with Crippen molar-refractivity contribution in [3.8, 4) is 17.2 Å². The minimum atomic E-state index is -0.143. The maximum Gasteiger partial charge on any atom is 0.252 e. The molecule has 1 aliphatic heterocycles. The van der Waals surface area contributed by atoms with E-state index in [1.807, 2.05) is 65.3 Å². The summed E-state index contributed by atoms with van der Waals surface area (Å²) in [6.07, 6.45) is 0.814. The molecule has 0 amide bonds. The number of methoxy groups -OCH3 is 1. The van der Waals surface area contributed by atoms with Gasteiger partial charge in [-0.05, 0) is 63.7 Å². The summed E-state index contributed by atoms with van der Waals surface area (Å²) in [5.41, 5.74) is 3.49. The summed E-state index contributed by atoms with van der Waals surface area (Å²) in [6, 6.07) is 23.7. The second kappa shape index (κ2) is 11.0. The third kappa shape index (κ3) is 5.60. The smallest absolute Gasteiger partial charge is 0.252 e. The molecule has 3 heterocycles. The molecule has 0 saturated heterocycles. The van der Waals surface area contributed by atoms with Crippen LogP contribution in [0.3, 0.4) is 0 Å². The Morgan fingerprint density at radius 1 is 0.949 bits per heavy atom. The lowest BCUT2D eigenvalue weighted by atomic mass is 10.1. The average Bonchev–Trinajstić information content (AvgIpc) is 3.61. The summed E-state index contributed by atoms with van der Waals surface area (Å²) in [7, 11) is 1.61. The van der Waals surface area contributed by atoms with Gasteiger partial charge in [0, 0.05) is 31.3 Å². The summed E-state index contributed by atoms with van der Waals surface area (Å²) in [4.78, 5) is 18.3. The number of pyridine rings is 1. The lowest BCUT2D eigenvalue weighted by molar-refractivity contribution is 0.174. The Morgan fingerprint density at radius 3 is 2.69 bits per heavy atom. The van der Waals surface area contributed by atoms with E-state index in [0.717, 1.165) is 40.2 Å². The van der Waals surface area contributed by atoms with Gasteiger partial charge in [-0.15, -0.1) is 5.10 Å². The van der Waals surface area contributed by atoms with E-state index in [1.165, 1.54) is 5.56 Å². The number of aryl methyl sites for hydroxylation is 2. The predicted octanol–water partition coefficient (Wildman–Crippen LogP) is 3.70. The fourth-order valence-corrected chi connectivity index (χ4v) is 4.77. The number of H-pyrrole nitrogens is 1. The van der Waals surface area contributed by atoms with Crippen LogP contribution in [0.4, 0.5) is 0 Å². The summed E-state index contributed by atoms with van der Waals surface area (Å²) < 4.78 is 18.2. The Hall–Kier alpha value is -4.70. The van der Waals surface area contributed by atoms with E-state index >= 15 is 0 Å². The van der Waals surface area contributed by atoms with Crippen molar-refractivity contribution in [3.63, 3.8) is 0 Å². The molecular weight excluding hydrogens is 496 g/mol. The molecule has 1 N–H and O–H groups in total. The number of aromatic nitrogens is 5. The first-order valence-corrected chi connectivity index (χ1v) is 12.7. The highest BCUT2D eigenvalue weighted by molar-refractivity contribution is 5.80. The Kier molecular flexibility index (Phi) is 6.92. The topological polar surface area (TPSA) is 107 Å². The molecule has 0 aliphatic carbocycles. The molecular formula is C29H28N6O4. The molecule has 0 fully saturated rings. The molecule has 0 atom stereocenters. The third-order valence-electron chi connectivity index (χ3n) is 6.79. The number of nitrogens with zero attached hydrogens (tertiary/aromatic N) is 5. The fourth-order valence-electron chi connectivity index (χ4n) is 4.77. The minimum absolute atomic E-state index is 0.143. The van der Waals surface area contributed by atoms with Crippen molar-refractivity contribution in [2.75, 3.05) is 13.9 Å². The van der Waals surface area contributed by atoms with Gasteiger partial charge in [-0.25, -0.2) is 4.68 Å². The van der Waals surface area contributed by atoms with Crippen LogP contribution in [0.15, 0.2) is 77.6 Å². The van der Waals surface area contributed by atoms with Crippen LogP contribution < -0.4 is 19.8 Å². The minimum Gasteiger partial charge on any atom is -0.497 e. The van der Waals surface area contributed by atoms with Gasteiger partial charge in [0.1, 0.15) is 5.75 Å². The summed E-state index contributed by atoms with van der Waals surface area (Å²) in [5.74, 6) is 2.88. The maximum atomic E-state index is 13.1. The summed E-state index contributed by atoms with van der Waals surface area (Å²) >= 11 is 0. The second-order valence-electron chi connectivity index (χ2n) is 9.46. The standard InChI is InChI=1S/C29H28N6O4/c1-37-24-9-8-22-14-23(29(36)30-25(22)15-24)17-34(16-21-7-10-26-27(13-21)39-19-38-26)18-28-31-32-33-35(28)12-11-20-5-3-2-4-6-20/h2-10,13-15H,11-12,16-19H2,1H3,(H,30,36). The zero-order chi connectivity index (χ0) is 26.6. The van der Waals surface area contributed by atoms with Crippen molar-refractivity contribution in [2.45, 2.75) is 32.6 Å². The highest BCUT2D eigenvalue weighted by atomic mass is 16.7. The van der Waals surface area contributed by atoms with Crippen LogP contribution in [0.5, 0.6) is 17.2 Å². The van der Waals surface area contributed by atoms with E-state index < -0.39 is 0 Å². The number of benzene rings is 3. The van der Waals surface area contributed by atoms with Gasteiger partial charge in [0.15, 0.2) is 17.3 Å². The number of ether oxygens (including phenoxy) is 3. The molecule has 0 radical (unpaired) electrons. The molecule has 2 aromatic heterocycles. The van der Waals surface area contributed by atoms with Crippen molar-refractivity contribution in [2.24, 2.45) is 0 Å². The van der Waals surface area contributed by atoms with Gasteiger partial charge in [-0.1, -0.05) is 36.4 Å². The third-order valence-corrected chi connectivity index (χ3v) is 6.79. The number of rotatable bonds is 10. The Morgan fingerprint density at radius 2 is 1.82 bits per heavy atom. The van der Waals surface area contributed by atoms with E-state index in [4.69, 9.17) is 14.2 Å². The molecule has 0 saturated carbocycles. The second-order valence-corrected chi connectivity index (χ2v) is 9.46. The Labute approximate surface area is 224 Å². The predicted molar refractivity (Wildman–Crippen MR) is 145 cm³/mol. The number of hydrogen-bond acceptors (Lipinski definition) is 8. The molecule has 10 heteroatoms. The van der Waals surface area contributed by atoms with Crippen molar-refractivity contribution in [1.29, 1.82) is 0 Å². The zero-order valence-corrected chi connectivity index (χ0v) is 21.5. The van der Waals surface area contributed by atoms with E-state index in [1.54, 1.807) is 7.11 Å². The van der Waals surface area contributed by atoms with E-state index in [2.05, 4.69) is 37.5 Å². The van der Waals surface area contributed by atoms with Gasteiger partial charge < -0.3 is 19.2 Å². The first-order chi connectivity index (χ1) is 19.1. The van der Waals surface area contributed by atoms with E-state index in [-0.39, 0.29) is 12.4 Å². The van der Waals surface area contributed by atoms with Crippen LogP contribution in [0.25, 0.3) is 10.9 Å². The van der Waals surface area contributed by atoms with Crippen molar-refractivity contribution >= 4 is 10.9 Å². The number of nitrogens with one attached hydrogen (secondary N) is 1. The molecule has 6 rings (SSSR count). The summed E-state index contributed by atoms with van der Waals surface area (Å²) in [6.45, 7) is 2.29. The fraction of sp³-hybridized carbons (Fsp3) is 0.241. The van der Waals surface area contributed by atoms with Gasteiger partial charge in [-0.3, -0.25) is 9.69 Å². The molecule has 5 aromatic rings. The Balaban J connectivity index is 1.27. The maximum absolute atomic E-state index is 13.1. The van der Waals surface area contributed by atoms with Crippen molar-refractivity contribution in [3.05, 3.63) is 106 Å². The molecule has 10 nitrogen and oxygen atoms in total. The van der Waals surface area contributed by atoms with Crippen LogP contribution in [-0.2, 0) is 32.6 Å². The Bertz CT molecular complexity index is 1650. The van der Waals surface area contributed by atoms with Crippen molar-refractivity contribution in [1.82, 2.24) is 30.1 Å². The monoisotopic (exact) mass is 524 g/mol. The van der Waals surface area contributed by atoms with Crippen LogP contribution in [-0.4, -0.2) is 44.0 Å². The van der Waals surface area contributed by atoms with Crippen LogP contribution in [0.2, 0.25) is 0 Å². The summed E-state index contributed by atoms with van der Waals surface area (Å²) in [5, 5.41) is 13.4. The lowest BCUT2D eigenvalue weighted by Crippen LogP contribution is -2.28. The number of tetrazole rings is 1. The van der Waals surface area contributed by atoms with Crippen LogP contribution in [0.1, 0.15) is 22.5 Å². The quantitative estimate of drug-likeness (QED) is 0.295. The molecule has 1 aliphatic rings. The lowest BCUT2D eigenvalue weighted by Gasteiger charge is -2.22. The van der Waals surface area contributed by atoms with Gasteiger partial charge in [0.05, 0.1) is 19.2 Å². The molecule has 3 aromatic carbocycles. The van der Waals surface area contributed by atoms with Gasteiger partial charge >= 0.3 is 0 Å². The molecule has 0 bridgehead atoms.